The van der Waals surface area contributed by atoms with Gasteiger partial charge in [-0.05, 0) is 50.7 Å². The first-order valence-corrected chi connectivity index (χ1v) is 16.0. The van der Waals surface area contributed by atoms with Crippen LogP contribution in [0.1, 0.15) is 49.1 Å². The first kappa shape index (κ1) is 32.9. The Balaban J connectivity index is 1.46. The number of aliphatic hydroxyl groups is 1. The molecule has 2 aromatic carbocycles. The summed E-state index contributed by atoms with van der Waals surface area (Å²) in [5, 5.41) is 16.6. The maximum atomic E-state index is 13.7. The Labute approximate surface area is 263 Å². The van der Waals surface area contributed by atoms with Crippen LogP contribution < -0.4 is 10.6 Å². The van der Waals surface area contributed by atoms with E-state index in [-0.39, 0.29) is 49.6 Å². The van der Waals surface area contributed by atoms with Crippen molar-refractivity contribution < 1.29 is 24.2 Å². The van der Waals surface area contributed by atoms with E-state index in [0.717, 1.165) is 16.0 Å². The molecule has 4 atom stereocenters. The number of nitrogens with one attached hydrogen (secondary N) is 2. The minimum Gasteiger partial charge on any atom is -0.444 e. The van der Waals surface area contributed by atoms with Crippen molar-refractivity contribution in [1.82, 2.24) is 25.4 Å². The van der Waals surface area contributed by atoms with E-state index in [0.29, 0.717) is 25.7 Å². The molecule has 1 fully saturated rings. The van der Waals surface area contributed by atoms with Gasteiger partial charge in [-0.3, -0.25) is 9.78 Å². The number of amides is 4. The molecule has 0 spiro atoms. The fourth-order valence-corrected chi connectivity index (χ4v) is 5.81. The minimum atomic E-state index is -0.767. The molecule has 0 unspecified atom stereocenters. The van der Waals surface area contributed by atoms with E-state index in [9.17, 15) is 19.5 Å². The molecule has 1 aliphatic rings. The van der Waals surface area contributed by atoms with Crippen molar-refractivity contribution >= 4 is 29.4 Å². The number of nitrogens with zero attached hydrogens (tertiary/aromatic N) is 3. The number of ether oxygens (including phenoxy) is 1. The number of aliphatic hydroxyl groups excluding tert-OH is 1. The van der Waals surface area contributed by atoms with Crippen LogP contribution in [-0.4, -0.2) is 81.8 Å². The SMILES string of the molecule is CC(C)N(C)C(=O)N1C[C@H](O)C[C@H]1C(=O)N[C@H](CC[C@H](Cc1ccccc1)NC(=O)OCc1cncs1)Cc1ccccc1. The predicted octanol–water partition coefficient (Wildman–Crippen LogP) is 4.38. The molecule has 11 heteroatoms. The van der Waals surface area contributed by atoms with Crippen molar-refractivity contribution in [1.29, 1.82) is 0 Å². The van der Waals surface area contributed by atoms with Gasteiger partial charge >= 0.3 is 12.1 Å². The lowest BCUT2D eigenvalue weighted by Gasteiger charge is -2.32. The van der Waals surface area contributed by atoms with Crippen LogP contribution in [0, 0.1) is 0 Å². The largest absolute Gasteiger partial charge is 0.444 e. The number of thiazole rings is 1. The number of hydrogen-bond donors (Lipinski definition) is 3. The fraction of sp³-hybridized carbons (Fsp3) is 0.455. The molecule has 10 nitrogen and oxygen atoms in total. The average molecular weight is 622 g/mol. The highest BCUT2D eigenvalue weighted by molar-refractivity contribution is 7.09. The zero-order valence-electron chi connectivity index (χ0n) is 25.6. The Bertz CT molecular complexity index is 1320. The first-order chi connectivity index (χ1) is 21.2. The van der Waals surface area contributed by atoms with E-state index in [4.69, 9.17) is 4.74 Å². The van der Waals surface area contributed by atoms with Gasteiger partial charge in [-0.15, -0.1) is 11.3 Å². The zero-order chi connectivity index (χ0) is 31.5. The lowest BCUT2D eigenvalue weighted by molar-refractivity contribution is -0.125. The van der Waals surface area contributed by atoms with Gasteiger partial charge in [0.1, 0.15) is 12.6 Å². The number of hydrogen-bond acceptors (Lipinski definition) is 7. The van der Waals surface area contributed by atoms with Gasteiger partial charge < -0.3 is 30.3 Å². The molecule has 0 saturated carbocycles. The van der Waals surface area contributed by atoms with Crippen LogP contribution in [0.4, 0.5) is 9.59 Å². The Kier molecular flexibility index (Phi) is 12.1. The molecule has 236 valence electrons. The van der Waals surface area contributed by atoms with E-state index in [1.165, 1.54) is 16.2 Å². The summed E-state index contributed by atoms with van der Waals surface area (Å²) in [5.74, 6) is -0.287. The third-order valence-electron chi connectivity index (χ3n) is 7.91. The van der Waals surface area contributed by atoms with Gasteiger partial charge in [-0.2, -0.15) is 0 Å². The molecule has 0 aliphatic carbocycles. The number of carbonyl (C=O) groups excluding carboxylic acids is 3. The number of rotatable bonds is 13. The van der Waals surface area contributed by atoms with Crippen LogP contribution in [0.2, 0.25) is 0 Å². The second-order valence-electron chi connectivity index (χ2n) is 11.6. The summed E-state index contributed by atoms with van der Waals surface area (Å²) in [6.45, 7) is 4.08. The molecule has 3 aromatic rings. The number of benzene rings is 2. The Morgan fingerprint density at radius 3 is 2.14 bits per heavy atom. The van der Waals surface area contributed by atoms with Crippen LogP contribution in [0.3, 0.4) is 0 Å². The molecule has 2 heterocycles. The van der Waals surface area contributed by atoms with Gasteiger partial charge in [-0.25, -0.2) is 9.59 Å². The van der Waals surface area contributed by atoms with Crippen molar-refractivity contribution in [2.45, 2.75) is 82.8 Å². The number of aromatic nitrogens is 1. The maximum absolute atomic E-state index is 13.7. The smallest absolute Gasteiger partial charge is 0.407 e. The molecule has 4 rings (SSSR count). The van der Waals surface area contributed by atoms with Crippen molar-refractivity contribution in [3.63, 3.8) is 0 Å². The topological polar surface area (TPSA) is 124 Å². The number of β-amino-alcohol motifs (C(OH)–C–C–N with tert-alkyl or cyclic N) is 1. The van der Waals surface area contributed by atoms with Gasteiger partial charge in [0.25, 0.3) is 0 Å². The van der Waals surface area contributed by atoms with E-state index in [1.807, 2.05) is 74.5 Å². The van der Waals surface area contributed by atoms with Crippen LogP contribution in [0.15, 0.2) is 72.4 Å². The van der Waals surface area contributed by atoms with Crippen molar-refractivity contribution in [3.8, 4) is 0 Å². The van der Waals surface area contributed by atoms with Crippen molar-refractivity contribution in [3.05, 3.63) is 88.4 Å². The lowest BCUT2D eigenvalue weighted by atomic mass is 9.95. The van der Waals surface area contributed by atoms with Crippen LogP contribution in [0.25, 0.3) is 0 Å². The van der Waals surface area contributed by atoms with Crippen LogP contribution in [0.5, 0.6) is 0 Å². The summed E-state index contributed by atoms with van der Waals surface area (Å²) in [6, 6.07) is 18.2. The monoisotopic (exact) mass is 621 g/mol. The van der Waals surface area contributed by atoms with E-state index in [1.54, 1.807) is 23.7 Å². The quantitative estimate of drug-likeness (QED) is 0.260. The summed E-state index contributed by atoms with van der Waals surface area (Å²) in [4.78, 5) is 47.5. The molecule has 0 radical (unpaired) electrons. The molecular weight excluding hydrogens is 578 g/mol. The molecule has 3 N–H and O–H groups in total. The summed E-state index contributed by atoms with van der Waals surface area (Å²) in [7, 11) is 1.70. The Morgan fingerprint density at radius 2 is 1.59 bits per heavy atom. The number of carbonyl (C=O) groups is 3. The minimum absolute atomic E-state index is 0.0440. The molecule has 0 bridgehead atoms. The Hall–Kier alpha value is -3.96. The molecule has 1 saturated heterocycles. The van der Waals surface area contributed by atoms with Gasteiger partial charge in [0.2, 0.25) is 5.91 Å². The predicted molar refractivity (Wildman–Crippen MR) is 170 cm³/mol. The fourth-order valence-electron chi connectivity index (χ4n) is 5.30. The highest BCUT2D eigenvalue weighted by Crippen LogP contribution is 2.22. The summed E-state index contributed by atoms with van der Waals surface area (Å²) >= 11 is 1.42. The van der Waals surface area contributed by atoms with Crippen LogP contribution >= 0.6 is 11.3 Å². The van der Waals surface area contributed by atoms with Gasteiger partial charge in [-0.1, -0.05) is 60.7 Å². The van der Waals surface area contributed by atoms with Crippen molar-refractivity contribution in [2.24, 2.45) is 0 Å². The van der Waals surface area contributed by atoms with Gasteiger partial charge in [0.05, 0.1) is 16.5 Å². The lowest BCUT2D eigenvalue weighted by Crippen LogP contribution is -2.53. The van der Waals surface area contributed by atoms with Gasteiger partial charge in [0.15, 0.2) is 0 Å². The van der Waals surface area contributed by atoms with E-state index < -0.39 is 18.2 Å². The normalized spacial score (nSPS) is 17.6. The number of likely N-dealkylation sites (tertiary alicyclic amines) is 1. The summed E-state index contributed by atoms with van der Waals surface area (Å²) in [5.41, 5.74) is 3.83. The molecular formula is C33H43N5O5S. The highest BCUT2D eigenvalue weighted by atomic mass is 32.1. The standard InChI is InChI=1S/C33H43N5O5S/c1-23(2)37(3)33(42)38-20-28(39)18-30(38)31(40)35-26(16-24-10-6-4-7-11-24)14-15-27(17-25-12-8-5-9-13-25)36-32(41)43-21-29-19-34-22-44-29/h4-13,19,22-23,26-28,30,39H,14-18,20-21H2,1-3H3,(H,35,40)(H,36,41)/t26-,27-,28-,30+/m1/s1. The maximum Gasteiger partial charge on any atom is 0.407 e. The summed E-state index contributed by atoms with van der Waals surface area (Å²) in [6.07, 6.45) is 2.91. The third kappa shape index (κ3) is 9.78. The molecule has 44 heavy (non-hydrogen) atoms. The number of alkyl carbamates (subject to hydrolysis) is 1. The third-order valence-corrected chi connectivity index (χ3v) is 8.67. The number of urea groups is 1. The second-order valence-corrected chi connectivity index (χ2v) is 12.6. The molecule has 4 amide bonds. The average Bonchev–Trinajstić information content (AvgIpc) is 3.69. The van der Waals surface area contributed by atoms with E-state index >= 15 is 0 Å². The Morgan fingerprint density at radius 1 is 1.00 bits per heavy atom. The van der Waals surface area contributed by atoms with Crippen LogP contribution in [-0.2, 0) is 29.0 Å². The van der Waals surface area contributed by atoms with E-state index in [2.05, 4.69) is 15.6 Å². The second kappa shape index (κ2) is 16.2. The highest BCUT2D eigenvalue weighted by Gasteiger charge is 2.41. The first-order valence-electron chi connectivity index (χ1n) is 15.1. The summed E-state index contributed by atoms with van der Waals surface area (Å²) < 4.78 is 5.45. The molecule has 1 aromatic heterocycles. The van der Waals surface area contributed by atoms with Gasteiger partial charge in [0, 0.05) is 44.3 Å². The van der Waals surface area contributed by atoms with Crippen molar-refractivity contribution in [2.75, 3.05) is 13.6 Å². The zero-order valence-corrected chi connectivity index (χ0v) is 26.4. The molecule has 1 aliphatic heterocycles.